The number of aromatic nitrogens is 1. The summed E-state index contributed by atoms with van der Waals surface area (Å²) in [5, 5.41) is 6.58. The summed E-state index contributed by atoms with van der Waals surface area (Å²) >= 11 is 0. The lowest BCUT2D eigenvalue weighted by molar-refractivity contribution is 0.117. The summed E-state index contributed by atoms with van der Waals surface area (Å²) in [6.07, 6.45) is 4.68. The molecule has 1 heterocycles. The highest BCUT2D eigenvalue weighted by molar-refractivity contribution is 5.44. The Kier molecular flexibility index (Phi) is 8.23. The molecule has 0 saturated heterocycles. The van der Waals surface area contributed by atoms with Crippen molar-refractivity contribution < 1.29 is 4.74 Å². The molecule has 1 unspecified atom stereocenters. The topological polar surface area (TPSA) is 46.2 Å². The highest BCUT2D eigenvalue weighted by atomic mass is 16.5. The molecular weight excluding hydrogens is 250 g/mol. The van der Waals surface area contributed by atoms with Crippen LogP contribution in [0.2, 0.25) is 0 Å². The molecule has 0 aromatic carbocycles. The number of ether oxygens (including phenoxy) is 1. The molecule has 0 aliphatic heterocycles. The van der Waals surface area contributed by atoms with Crippen LogP contribution in [-0.2, 0) is 17.6 Å². The fourth-order valence-corrected chi connectivity index (χ4v) is 2.11. The lowest BCUT2D eigenvalue weighted by atomic mass is 10.1. The van der Waals surface area contributed by atoms with Gasteiger partial charge >= 0.3 is 0 Å². The van der Waals surface area contributed by atoms with Crippen LogP contribution in [0.5, 0.6) is 0 Å². The van der Waals surface area contributed by atoms with Crippen LogP contribution < -0.4 is 10.6 Å². The predicted molar refractivity (Wildman–Crippen MR) is 85.4 cm³/mol. The summed E-state index contributed by atoms with van der Waals surface area (Å²) in [6, 6.07) is 4.34. The van der Waals surface area contributed by atoms with Gasteiger partial charge in [-0.3, -0.25) is 0 Å². The molecule has 1 aromatic rings. The van der Waals surface area contributed by atoms with Gasteiger partial charge in [-0.25, -0.2) is 4.98 Å². The van der Waals surface area contributed by atoms with E-state index in [0.29, 0.717) is 0 Å². The fourth-order valence-electron chi connectivity index (χ4n) is 2.11. The summed E-state index contributed by atoms with van der Waals surface area (Å²) in [5.74, 6) is 1.03. The number of hydrogen-bond donors (Lipinski definition) is 2. The number of unbranched alkanes of at least 4 members (excludes halogenated alkanes) is 1. The van der Waals surface area contributed by atoms with E-state index in [1.54, 1.807) is 7.11 Å². The van der Waals surface area contributed by atoms with E-state index in [2.05, 4.69) is 41.6 Å². The van der Waals surface area contributed by atoms with Crippen molar-refractivity contribution in [1.82, 2.24) is 10.3 Å². The molecular formula is C16H29N3O. The first-order valence-electron chi connectivity index (χ1n) is 7.61. The third-order valence-corrected chi connectivity index (χ3v) is 3.52. The number of aryl methyl sites for hydroxylation is 2. The minimum Gasteiger partial charge on any atom is -0.380 e. The summed E-state index contributed by atoms with van der Waals surface area (Å²) in [6.45, 7) is 6.19. The van der Waals surface area contributed by atoms with Crippen molar-refractivity contribution in [1.29, 1.82) is 0 Å². The lowest BCUT2D eigenvalue weighted by Gasteiger charge is -2.11. The lowest BCUT2D eigenvalue weighted by Crippen LogP contribution is -2.26. The molecule has 0 amide bonds. The van der Waals surface area contributed by atoms with Crippen molar-refractivity contribution in [2.45, 2.75) is 45.6 Å². The molecule has 0 fully saturated rings. The smallest absolute Gasteiger partial charge is 0.129 e. The van der Waals surface area contributed by atoms with Crippen molar-refractivity contribution in [2.24, 2.45) is 0 Å². The first-order valence-corrected chi connectivity index (χ1v) is 7.61. The van der Waals surface area contributed by atoms with E-state index in [1.807, 2.05) is 7.05 Å². The monoisotopic (exact) mass is 279 g/mol. The van der Waals surface area contributed by atoms with Crippen LogP contribution >= 0.6 is 0 Å². The number of hydrogen-bond acceptors (Lipinski definition) is 4. The zero-order chi connectivity index (χ0) is 14.8. The van der Waals surface area contributed by atoms with Gasteiger partial charge in [-0.05, 0) is 50.8 Å². The number of nitrogens with one attached hydrogen (secondary N) is 2. The molecule has 4 nitrogen and oxygen atoms in total. The van der Waals surface area contributed by atoms with Crippen molar-refractivity contribution in [3.05, 3.63) is 23.4 Å². The zero-order valence-electron chi connectivity index (χ0n) is 13.3. The highest BCUT2D eigenvalue weighted by Crippen LogP contribution is 2.14. The number of anilines is 1. The van der Waals surface area contributed by atoms with Crippen molar-refractivity contribution in [3.63, 3.8) is 0 Å². The number of pyridine rings is 1. The summed E-state index contributed by atoms with van der Waals surface area (Å²) < 4.78 is 5.19. The molecule has 1 aromatic heterocycles. The Morgan fingerprint density at radius 2 is 2.10 bits per heavy atom. The van der Waals surface area contributed by atoms with E-state index in [4.69, 9.17) is 4.74 Å². The second-order valence-corrected chi connectivity index (χ2v) is 5.12. The first kappa shape index (κ1) is 16.9. The number of methoxy groups -OCH3 is 1. The van der Waals surface area contributed by atoms with E-state index >= 15 is 0 Å². The normalized spacial score (nSPS) is 12.4. The van der Waals surface area contributed by atoms with Gasteiger partial charge < -0.3 is 15.4 Å². The Hall–Kier alpha value is -1.13. The zero-order valence-corrected chi connectivity index (χ0v) is 13.3. The Morgan fingerprint density at radius 3 is 2.75 bits per heavy atom. The third-order valence-electron chi connectivity index (χ3n) is 3.52. The summed E-state index contributed by atoms with van der Waals surface area (Å²) in [4.78, 5) is 4.67. The van der Waals surface area contributed by atoms with Gasteiger partial charge in [-0.2, -0.15) is 0 Å². The van der Waals surface area contributed by atoms with Crippen LogP contribution in [0.15, 0.2) is 12.1 Å². The standard InChI is InChI=1S/C16H29N3O/c1-5-14-9-10-15(19-16(14)17-3)8-6-7-11-18-12-13(2)20-4/h9-10,13,18H,5-8,11-12H2,1-4H3,(H,17,19). The average molecular weight is 279 g/mol. The first-order chi connectivity index (χ1) is 9.71. The summed E-state index contributed by atoms with van der Waals surface area (Å²) in [5.41, 5.74) is 2.46. The Labute approximate surface area is 123 Å². The number of nitrogens with zero attached hydrogens (tertiary/aromatic N) is 1. The second-order valence-electron chi connectivity index (χ2n) is 5.12. The molecule has 0 radical (unpaired) electrons. The van der Waals surface area contributed by atoms with Crippen LogP contribution in [0.4, 0.5) is 5.82 Å². The van der Waals surface area contributed by atoms with E-state index in [0.717, 1.165) is 38.2 Å². The molecule has 0 spiro atoms. The van der Waals surface area contributed by atoms with Crippen molar-refractivity contribution in [3.8, 4) is 0 Å². The van der Waals surface area contributed by atoms with Crippen LogP contribution in [0, 0.1) is 0 Å². The molecule has 0 aliphatic rings. The Morgan fingerprint density at radius 1 is 1.30 bits per heavy atom. The molecule has 1 rings (SSSR count). The summed E-state index contributed by atoms with van der Waals surface area (Å²) in [7, 11) is 3.68. The van der Waals surface area contributed by atoms with Gasteiger partial charge in [0.05, 0.1) is 6.10 Å². The maximum Gasteiger partial charge on any atom is 0.129 e. The van der Waals surface area contributed by atoms with Gasteiger partial charge in [0.25, 0.3) is 0 Å². The minimum absolute atomic E-state index is 0.288. The largest absolute Gasteiger partial charge is 0.380 e. The van der Waals surface area contributed by atoms with Gasteiger partial charge in [0.1, 0.15) is 5.82 Å². The van der Waals surface area contributed by atoms with E-state index in [-0.39, 0.29) is 6.10 Å². The molecule has 4 heteroatoms. The van der Waals surface area contributed by atoms with Crippen LogP contribution in [0.3, 0.4) is 0 Å². The van der Waals surface area contributed by atoms with E-state index < -0.39 is 0 Å². The van der Waals surface area contributed by atoms with E-state index in [1.165, 1.54) is 17.7 Å². The van der Waals surface area contributed by atoms with Gasteiger partial charge in [-0.15, -0.1) is 0 Å². The maximum atomic E-state index is 5.19. The average Bonchev–Trinajstić information content (AvgIpc) is 2.49. The maximum absolute atomic E-state index is 5.19. The third kappa shape index (κ3) is 5.88. The molecule has 1 atom stereocenters. The molecule has 2 N–H and O–H groups in total. The number of rotatable bonds is 10. The van der Waals surface area contributed by atoms with Crippen molar-refractivity contribution >= 4 is 5.82 Å². The van der Waals surface area contributed by atoms with Crippen molar-refractivity contribution in [2.75, 3.05) is 32.6 Å². The van der Waals surface area contributed by atoms with Gasteiger partial charge in [0.15, 0.2) is 0 Å². The van der Waals surface area contributed by atoms with E-state index in [9.17, 15) is 0 Å². The molecule has 0 bridgehead atoms. The Balaban J connectivity index is 2.25. The van der Waals surface area contributed by atoms with Crippen LogP contribution in [0.1, 0.15) is 37.9 Å². The second kappa shape index (κ2) is 9.72. The Bertz CT molecular complexity index is 382. The molecule has 0 saturated carbocycles. The highest BCUT2D eigenvalue weighted by Gasteiger charge is 2.03. The van der Waals surface area contributed by atoms with Crippen LogP contribution in [-0.4, -0.2) is 38.3 Å². The molecule has 20 heavy (non-hydrogen) atoms. The van der Waals surface area contributed by atoms with Gasteiger partial charge in [0, 0.05) is 26.4 Å². The minimum atomic E-state index is 0.288. The fraction of sp³-hybridized carbons (Fsp3) is 0.688. The van der Waals surface area contributed by atoms with Gasteiger partial charge in [-0.1, -0.05) is 13.0 Å². The molecule has 114 valence electrons. The SMILES string of the molecule is CCc1ccc(CCCCNCC(C)OC)nc1NC. The molecule has 0 aliphatic carbocycles. The predicted octanol–water partition coefficient (Wildman–Crippen LogP) is 2.63. The van der Waals surface area contributed by atoms with Gasteiger partial charge in [0.2, 0.25) is 0 Å². The quantitative estimate of drug-likeness (QED) is 0.646. The van der Waals surface area contributed by atoms with Crippen LogP contribution in [0.25, 0.3) is 0 Å².